The lowest BCUT2D eigenvalue weighted by molar-refractivity contribution is 0.00578. The van der Waals surface area contributed by atoms with Gasteiger partial charge in [0, 0.05) is 18.8 Å². The zero-order valence-corrected chi connectivity index (χ0v) is 14.2. The largest absolute Gasteiger partial charge is 0.491 e. The van der Waals surface area contributed by atoms with Crippen molar-refractivity contribution in [2.75, 3.05) is 13.6 Å². The Bertz CT molecular complexity index is 572. The van der Waals surface area contributed by atoms with Gasteiger partial charge < -0.3 is 14.6 Å². The fourth-order valence-electron chi connectivity index (χ4n) is 2.27. The molecule has 0 atom stereocenters. The van der Waals surface area contributed by atoms with Crippen LogP contribution >= 0.6 is 0 Å². The molecule has 2 rings (SSSR count). The minimum atomic E-state index is -0.491. The van der Waals surface area contributed by atoms with Crippen molar-refractivity contribution in [3.05, 3.63) is 34.8 Å². The van der Waals surface area contributed by atoms with Crippen LogP contribution in [0.25, 0.3) is 6.08 Å². The highest BCUT2D eigenvalue weighted by atomic mass is 19.1. The van der Waals surface area contributed by atoms with Gasteiger partial charge in [-0.15, -0.1) is 0 Å². The van der Waals surface area contributed by atoms with E-state index in [1.165, 1.54) is 12.3 Å². The Morgan fingerprint density at radius 2 is 1.91 bits per heavy atom. The van der Waals surface area contributed by atoms with Gasteiger partial charge in [-0.3, -0.25) is 0 Å². The number of aryl methyl sites for hydroxylation is 1. The standard InChI is InChI=1S/C16H24BFN2O2/c1-11-9-20-14(18)8-12(11)7-13(10-19-6)17-21-15(2,3)16(4,5)22-17/h7-9,19H,10H2,1-6H3. The van der Waals surface area contributed by atoms with Crippen molar-refractivity contribution in [1.82, 2.24) is 10.3 Å². The summed E-state index contributed by atoms with van der Waals surface area (Å²) >= 11 is 0. The van der Waals surface area contributed by atoms with Gasteiger partial charge in [-0.2, -0.15) is 4.39 Å². The normalized spacial score (nSPS) is 20.5. The molecule has 6 heteroatoms. The minimum Gasteiger partial charge on any atom is -0.400 e. The summed E-state index contributed by atoms with van der Waals surface area (Å²) in [5, 5.41) is 3.12. The Balaban J connectivity index is 2.35. The second-order valence-electron chi connectivity index (χ2n) is 6.70. The molecule has 1 aromatic rings. The quantitative estimate of drug-likeness (QED) is 0.686. The van der Waals surface area contributed by atoms with Crippen molar-refractivity contribution in [2.45, 2.75) is 45.8 Å². The maximum atomic E-state index is 13.4. The van der Waals surface area contributed by atoms with Gasteiger partial charge in [0.05, 0.1) is 11.2 Å². The molecule has 0 spiro atoms. The Labute approximate surface area is 132 Å². The molecule has 1 fully saturated rings. The Hall–Kier alpha value is -1.24. The Kier molecular flexibility index (Phi) is 4.75. The van der Waals surface area contributed by atoms with Crippen LogP contribution in [0.3, 0.4) is 0 Å². The molecule has 0 amide bonds. The predicted octanol–water partition coefficient (Wildman–Crippen LogP) is 2.76. The van der Waals surface area contributed by atoms with E-state index in [-0.39, 0.29) is 0 Å². The first kappa shape index (κ1) is 17.1. The minimum absolute atomic E-state index is 0.400. The monoisotopic (exact) mass is 306 g/mol. The molecule has 1 aliphatic rings. The van der Waals surface area contributed by atoms with Gasteiger partial charge in [0.25, 0.3) is 0 Å². The summed E-state index contributed by atoms with van der Waals surface area (Å²) in [5.74, 6) is -0.491. The van der Waals surface area contributed by atoms with Gasteiger partial charge in [-0.25, -0.2) is 4.98 Å². The van der Waals surface area contributed by atoms with Crippen molar-refractivity contribution in [1.29, 1.82) is 0 Å². The number of hydrogen-bond acceptors (Lipinski definition) is 4. The third-order valence-corrected chi connectivity index (χ3v) is 4.39. The summed E-state index contributed by atoms with van der Waals surface area (Å²) < 4.78 is 25.6. The Morgan fingerprint density at radius 3 is 2.45 bits per heavy atom. The lowest BCUT2D eigenvalue weighted by Crippen LogP contribution is -2.41. The van der Waals surface area contributed by atoms with E-state index in [4.69, 9.17) is 9.31 Å². The third kappa shape index (κ3) is 3.40. The van der Waals surface area contributed by atoms with Crippen LogP contribution < -0.4 is 5.32 Å². The predicted molar refractivity (Wildman–Crippen MR) is 86.9 cm³/mol. The molecule has 2 heterocycles. The van der Waals surface area contributed by atoms with Crippen molar-refractivity contribution < 1.29 is 13.7 Å². The number of rotatable bonds is 4. The van der Waals surface area contributed by atoms with E-state index in [2.05, 4.69) is 10.3 Å². The second kappa shape index (κ2) is 6.10. The molecule has 0 radical (unpaired) electrons. The summed E-state index contributed by atoms with van der Waals surface area (Å²) in [7, 11) is 1.41. The average Bonchev–Trinajstić information content (AvgIpc) is 2.62. The van der Waals surface area contributed by atoms with Crippen molar-refractivity contribution in [3.63, 3.8) is 0 Å². The number of halogens is 1. The smallest absolute Gasteiger partial charge is 0.400 e. The van der Waals surface area contributed by atoms with Crippen LogP contribution in [0, 0.1) is 12.9 Å². The summed E-state index contributed by atoms with van der Waals surface area (Å²) in [6.07, 6.45) is 3.45. The van der Waals surface area contributed by atoms with Gasteiger partial charge in [0.2, 0.25) is 5.95 Å². The van der Waals surface area contributed by atoms with E-state index in [1.54, 1.807) is 0 Å². The zero-order valence-electron chi connectivity index (χ0n) is 14.2. The van der Waals surface area contributed by atoms with E-state index in [9.17, 15) is 4.39 Å². The molecule has 22 heavy (non-hydrogen) atoms. The molecule has 1 N–H and O–H groups in total. The fourth-order valence-corrected chi connectivity index (χ4v) is 2.27. The van der Waals surface area contributed by atoms with E-state index < -0.39 is 24.3 Å². The fraction of sp³-hybridized carbons (Fsp3) is 0.562. The van der Waals surface area contributed by atoms with Gasteiger partial charge >= 0.3 is 7.12 Å². The van der Waals surface area contributed by atoms with E-state index in [0.717, 1.165) is 16.6 Å². The van der Waals surface area contributed by atoms with E-state index >= 15 is 0 Å². The molecule has 1 aliphatic heterocycles. The highest BCUT2D eigenvalue weighted by molar-refractivity contribution is 6.55. The molecule has 1 aromatic heterocycles. The topological polar surface area (TPSA) is 43.4 Å². The van der Waals surface area contributed by atoms with Gasteiger partial charge in [0.1, 0.15) is 0 Å². The third-order valence-electron chi connectivity index (χ3n) is 4.39. The number of aromatic nitrogens is 1. The number of likely N-dealkylation sites (N-methyl/N-ethyl adjacent to an activating group) is 1. The summed E-state index contributed by atoms with van der Waals surface area (Å²) in [4.78, 5) is 3.66. The number of nitrogens with one attached hydrogen (secondary N) is 1. The molecular weight excluding hydrogens is 282 g/mol. The van der Waals surface area contributed by atoms with E-state index in [0.29, 0.717) is 6.54 Å². The van der Waals surface area contributed by atoms with E-state index in [1.807, 2.05) is 47.7 Å². The molecule has 0 unspecified atom stereocenters. The van der Waals surface area contributed by atoms with Gasteiger partial charge in [-0.05, 0) is 58.3 Å². The van der Waals surface area contributed by atoms with Crippen molar-refractivity contribution >= 4 is 13.2 Å². The zero-order chi connectivity index (χ0) is 16.5. The maximum absolute atomic E-state index is 13.4. The first-order valence-corrected chi connectivity index (χ1v) is 7.49. The summed E-state index contributed by atoms with van der Waals surface area (Å²) in [6, 6.07) is 1.43. The molecular formula is C16H24BFN2O2. The summed E-state index contributed by atoms with van der Waals surface area (Å²) in [5.41, 5.74) is 1.82. The number of pyridine rings is 1. The van der Waals surface area contributed by atoms with Crippen LogP contribution in [0.15, 0.2) is 17.7 Å². The first-order chi connectivity index (χ1) is 10.2. The highest BCUT2D eigenvalue weighted by Crippen LogP contribution is 2.38. The Morgan fingerprint density at radius 1 is 1.32 bits per heavy atom. The summed E-state index contributed by atoms with van der Waals surface area (Å²) in [6.45, 7) is 10.6. The highest BCUT2D eigenvalue weighted by Gasteiger charge is 2.52. The van der Waals surface area contributed by atoms with Crippen LogP contribution in [0.5, 0.6) is 0 Å². The maximum Gasteiger partial charge on any atom is 0.491 e. The number of nitrogens with zero attached hydrogens (tertiary/aromatic N) is 1. The molecule has 0 aliphatic carbocycles. The van der Waals surface area contributed by atoms with Crippen LogP contribution in [0.1, 0.15) is 38.8 Å². The second-order valence-corrected chi connectivity index (χ2v) is 6.70. The van der Waals surface area contributed by atoms with Crippen molar-refractivity contribution in [2.24, 2.45) is 0 Å². The lowest BCUT2D eigenvalue weighted by atomic mass is 9.76. The SMILES string of the molecule is CNCC(=Cc1cc(F)ncc1C)B1OC(C)(C)C(C)(C)O1. The average molecular weight is 306 g/mol. The first-order valence-electron chi connectivity index (χ1n) is 7.49. The lowest BCUT2D eigenvalue weighted by Gasteiger charge is -2.32. The van der Waals surface area contributed by atoms with Gasteiger partial charge in [0.15, 0.2) is 0 Å². The van der Waals surface area contributed by atoms with Gasteiger partial charge in [-0.1, -0.05) is 6.08 Å². The molecule has 4 nitrogen and oxygen atoms in total. The van der Waals surface area contributed by atoms with Crippen molar-refractivity contribution in [3.8, 4) is 0 Å². The number of hydrogen-bond donors (Lipinski definition) is 1. The molecule has 1 saturated heterocycles. The van der Waals surface area contributed by atoms with Crippen LogP contribution in [0.4, 0.5) is 4.39 Å². The molecule has 0 aromatic carbocycles. The molecule has 0 bridgehead atoms. The van der Waals surface area contributed by atoms with Crippen LogP contribution in [-0.4, -0.2) is 36.9 Å². The molecule has 120 valence electrons. The molecule has 0 saturated carbocycles. The van der Waals surface area contributed by atoms with Crippen LogP contribution in [0.2, 0.25) is 0 Å². The van der Waals surface area contributed by atoms with Crippen LogP contribution in [-0.2, 0) is 9.31 Å².